The Morgan fingerprint density at radius 1 is 1.16 bits per heavy atom. The molecule has 0 bridgehead atoms. The molecule has 1 N–H and O–H groups in total. The number of hydrogen-bond acceptors (Lipinski definition) is 6. The van der Waals surface area contributed by atoms with E-state index in [9.17, 15) is 4.79 Å². The number of methoxy groups -OCH3 is 2. The van der Waals surface area contributed by atoms with Crippen LogP contribution in [0.3, 0.4) is 0 Å². The van der Waals surface area contributed by atoms with Gasteiger partial charge < -0.3 is 24.1 Å². The number of benzene rings is 1. The van der Waals surface area contributed by atoms with Crippen LogP contribution in [0.15, 0.2) is 30.6 Å². The van der Waals surface area contributed by atoms with E-state index < -0.39 is 0 Å². The number of nitrogens with zero attached hydrogens (tertiary/aromatic N) is 3. The second kappa shape index (κ2) is 8.33. The SMILES string of the molecule is COc1ccc(-c2cc3ncn(C4CCC4)c3c(OC(C)C3CNC(=O)C3)n2)cc1OC. The van der Waals surface area contributed by atoms with Crippen molar-refractivity contribution in [3.05, 3.63) is 30.6 Å². The van der Waals surface area contributed by atoms with Gasteiger partial charge >= 0.3 is 0 Å². The predicted molar refractivity (Wildman–Crippen MR) is 120 cm³/mol. The van der Waals surface area contributed by atoms with Crippen molar-refractivity contribution in [1.82, 2.24) is 19.9 Å². The zero-order chi connectivity index (χ0) is 22.2. The summed E-state index contributed by atoms with van der Waals surface area (Å²) in [6.45, 7) is 2.63. The van der Waals surface area contributed by atoms with E-state index in [0.29, 0.717) is 36.4 Å². The van der Waals surface area contributed by atoms with Crippen LogP contribution in [0, 0.1) is 5.92 Å². The number of hydrogen-bond donors (Lipinski definition) is 1. The fourth-order valence-corrected chi connectivity index (χ4v) is 4.42. The van der Waals surface area contributed by atoms with Gasteiger partial charge in [0.2, 0.25) is 11.8 Å². The molecule has 8 heteroatoms. The van der Waals surface area contributed by atoms with Gasteiger partial charge in [0.15, 0.2) is 11.5 Å². The highest BCUT2D eigenvalue weighted by molar-refractivity contribution is 5.85. The molecule has 1 saturated heterocycles. The van der Waals surface area contributed by atoms with Crippen LogP contribution >= 0.6 is 0 Å². The lowest BCUT2D eigenvalue weighted by Crippen LogP contribution is -2.26. The second-order valence-corrected chi connectivity index (χ2v) is 8.58. The van der Waals surface area contributed by atoms with E-state index in [4.69, 9.17) is 19.2 Å². The molecule has 3 aromatic rings. The summed E-state index contributed by atoms with van der Waals surface area (Å²) in [5, 5.41) is 2.89. The summed E-state index contributed by atoms with van der Waals surface area (Å²) in [6, 6.07) is 8.14. The number of fused-ring (bicyclic) bond motifs is 1. The monoisotopic (exact) mass is 436 g/mol. The fourth-order valence-electron chi connectivity index (χ4n) is 4.42. The third kappa shape index (κ3) is 3.63. The lowest BCUT2D eigenvalue weighted by atomic mass is 9.93. The first-order valence-electron chi connectivity index (χ1n) is 11.1. The minimum Gasteiger partial charge on any atom is -0.493 e. The second-order valence-electron chi connectivity index (χ2n) is 8.58. The van der Waals surface area contributed by atoms with E-state index in [1.165, 1.54) is 6.42 Å². The number of carbonyl (C=O) groups is 1. The van der Waals surface area contributed by atoms with Crippen LogP contribution in [-0.2, 0) is 4.79 Å². The summed E-state index contributed by atoms with van der Waals surface area (Å²) < 4.78 is 19.5. The molecular weight excluding hydrogens is 408 g/mol. The van der Waals surface area contributed by atoms with Crippen LogP contribution in [0.4, 0.5) is 0 Å². The molecule has 0 spiro atoms. The molecule has 2 aliphatic rings. The smallest absolute Gasteiger partial charge is 0.241 e. The molecular formula is C24H28N4O4. The van der Waals surface area contributed by atoms with E-state index in [1.54, 1.807) is 14.2 Å². The fraction of sp³-hybridized carbons (Fsp3) is 0.458. The summed E-state index contributed by atoms with van der Waals surface area (Å²) in [7, 11) is 3.23. The van der Waals surface area contributed by atoms with Crippen LogP contribution in [0.25, 0.3) is 22.3 Å². The standard InChI is InChI=1S/C24H28N4O4/c1-14(16-10-22(29)25-12-16)32-24-23-19(26-13-28(23)17-5-4-6-17)11-18(27-24)15-7-8-20(30-2)21(9-15)31-3/h7-9,11,13-14,16-17H,4-6,10,12H2,1-3H3,(H,25,29). The summed E-state index contributed by atoms with van der Waals surface area (Å²) in [4.78, 5) is 21.3. The average Bonchev–Trinajstić information content (AvgIpc) is 3.38. The molecule has 1 saturated carbocycles. The number of aromatic nitrogens is 3. The highest BCUT2D eigenvalue weighted by Crippen LogP contribution is 2.39. The van der Waals surface area contributed by atoms with Gasteiger partial charge in [-0.05, 0) is 50.5 Å². The Bertz CT molecular complexity index is 1150. The van der Waals surface area contributed by atoms with Crippen LogP contribution in [0.2, 0.25) is 0 Å². The molecule has 1 aliphatic carbocycles. The van der Waals surface area contributed by atoms with E-state index in [-0.39, 0.29) is 17.9 Å². The summed E-state index contributed by atoms with van der Waals surface area (Å²) in [5.41, 5.74) is 3.40. The van der Waals surface area contributed by atoms with Gasteiger partial charge in [-0.1, -0.05) is 0 Å². The van der Waals surface area contributed by atoms with Crippen LogP contribution < -0.4 is 19.5 Å². The summed E-state index contributed by atoms with van der Waals surface area (Å²) in [6.07, 6.45) is 5.71. The van der Waals surface area contributed by atoms with Crippen molar-refractivity contribution in [2.24, 2.45) is 5.92 Å². The van der Waals surface area contributed by atoms with Crippen molar-refractivity contribution < 1.29 is 19.0 Å². The van der Waals surface area contributed by atoms with Gasteiger partial charge in [-0.2, -0.15) is 0 Å². The van der Waals surface area contributed by atoms with Crippen molar-refractivity contribution in [3.8, 4) is 28.6 Å². The Balaban J connectivity index is 1.57. The van der Waals surface area contributed by atoms with Crippen LogP contribution in [0.1, 0.15) is 38.6 Å². The normalized spacial score (nSPS) is 19.5. The van der Waals surface area contributed by atoms with Crippen molar-refractivity contribution in [2.75, 3.05) is 20.8 Å². The molecule has 0 radical (unpaired) electrons. The molecule has 168 valence electrons. The number of ether oxygens (including phenoxy) is 3. The Kier molecular flexibility index (Phi) is 5.36. The maximum absolute atomic E-state index is 11.7. The third-order valence-electron chi connectivity index (χ3n) is 6.64. The molecule has 32 heavy (non-hydrogen) atoms. The van der Waals surface area contributed by atoms with Gasteiger partial charge in [-0.15, -0.1) is 0 Å². The van der Waals surface area contributed by atoms with Gasteiger partial charge in [0.1, 0.15) is 11.6 Å². The zero-order valence-electron chi connectivity index (χ0n) is 18.6. The van der Waals surface area contributed by atoms with Gasteiger partial charge in [-0.25, -0.2) is 9.97 Å². The van der Waals surface area contributed by atoms with Crippen molar-refractivity contribution >= 4 is 16.9 Å². The first-order valence-corrected chi connectivity index (χ1v) is 11.1. The van der Waals surface area contributed by atoms with Crippen LogP contribution in [0.5, 0.6) is 17.4 Å². The zero-order valence-corrected chi connectivity index (χ0v) is 18.6. The lowest BCUT2D eigenvalue weighted by Gasteiger charge is -2.28. The van der Waals surface area contributed by atoms with Crippen molar-refractivity contribution in [1.29, 1.82) is 0 Å². The number of rotatable bonds is 7. The molecule has 2 atom stereocenters. The van der Waals surface area contributed by atoms with Crippen LogP contribution in [-0.4, -0.2) is 47.3 Å². The van der Waals surface area contributed by atoms with Gasteiger partial charge in [0.25, 0.3) is 0 Å². The molecule has 1 aromatic carbocycles. The first kappa shape index (κ1) is 20.6. The highest BCUT2D eigenvalue weighted by Gasteiger charge is 2.30. The van der Waals surface area contributed by atoms with E-state index in [2.05, 4.69) is 14.9 Å². The Hall–Kier alpha value is -3.29. The third-order valence-corrected chi connectivity index (χ3v) is 6.64. The lowest BCUT2D eigenvalue weighted by molar-refractivity contribution is -0.119. The van der Waals surface area contributed by atoms with E-state index in [0.717, 1.165) is 35.1 Å². The summed E-state index contributed by atoms with van der Waals surface area (Å²) >= 11 is 0. The van der Waals surface area contributed by atoms with Crippen molar-refractivity contribution in [3.63, 3.8) is 0 Å². The number of pyridine rings is 1. The molecule has 8 nitrogen and oxygen atoms in total. The Labute approximate surface area is 186 Å². The minimum absolute atomic E-state index is 0.0714. The molecule has 2 unspecified atom stereocenters. The molecule has 2 fully saturated rings. The van der Waals surface area contributed by atoms with Gasteiger partial charge in [0, 0.05) is 30.5 Å². The average molecular weight is 437 g/mol. The molecule has 1 aliphatic heterocycles. The van der Waals surface area contributed by atoms with E-state index in [1.807, 2.05) is 37.5 Å². The first-order chi connectivity index (χ1) is 15.6. The summed E-state index contributed by atoms with van der Waals surface area (Å²) in [5.74, 6) is 2.04. The van der Waals surface area contributed by atoms with Crippen molar-refractivity contribution in [2.45, 2.75) is 44.8 Å². The molecule has 1 amide bonds. The number of amides is 1. The number of nitrogens with one attached hydrogen (secondary N) is 1. The Morgan fingerprint density at radius 2 is 1.97 bits per heavy atom. The maximum atomic E-state index is 11.7. The molecule has 5 rings (SSSR count). The minimum atomic E-state index is -0.157. The maximum Gasteiger partial charge on any atom is 0.241 e. The van der Waals surface area contributed by atoms with Gasteiger partial charge in [0.05, 0.1) is 31.8 Å². The Morgan fingerprint density at radius 3 is 2.62 bits per heavy atom. The number of imidazole rings is 1. The number of carbonyl (C=O) groups excluding carboxylic acids is 1. The molecule has 3 heterocycles. The highest BCUT2D eigenvalue weighted by atomic mass is 16.5. The molecule has 2 aromatic heterocycles. The topological polar surface area (TPSA) is 87.5 Å². The quantitative estimate of drug-likeness (QED) is 0.607. The van der Waals surface area contributed by atoms with Gasteiger partial charge in [-0.3, -0.25) is 4.79 Å². The largest absolute Gasteiger partial charge is 0.493 e. The van der Waals surface area contributed by atoms with E-state index >= 15 is 0 Å². The predicted octanol–water partition coefficient (Wildman–Crippen LogP) is 3.74.